The second kappa shape index (κ2) is 12.9. The third-order valence-electron chi connectivity index (χ3n) is 4.47. The maximum absolute atomic E-state index is 6.82. The van der Waals surface area contributed by atoms with Gasteiger partial charge in [0.1, 0.15) is 0 Å². The van der Waals surface area contributed by atoms with Crippen molar-refractivity contribution in [2.24, 2.45) is 5.73 Å². The maximum atomic E-state index is 6.82. The van der Waals surface area contributed by atoms with Gasteiger partial charge in [-0.15, -0.1) is 11.8 Å². The van der Waals surface area contributed by atoms with Crippen LogP contribution in [0.3, 0.4) is 0 Å². The van der Waals surface area contributed by atoms with E-state index in [0.29, 0.717) is 0 Å². The highest BCUT2D eigenvalue weighted by Gasteiger charge is 2.25. The van der Waals surface area contributed by atoms with Crippen molar-refractivity contribution in [1.82, 2.24) is 0 Å². The summed E-state index contributed by atoms with van der Waals surface area (Å²) in [6, 6.07) is 10.7. The Bertz CT molecular complexity index is 363. The zero-order valence-electron chi connectivity index (χ0n) is 15.4. The smallest absolute Gasteiger partial charge is 0.0666 e. The number of hydrogen-bond acceptors (Lipinski definition) is 2. The summed E-state index contributed by atoms with van der Waals surface area (Å²) >= 11 is 1.90. The van der Waals surface area contributed by atoms with Crippen LogP contribution in [-0.2, 0) is 0 Å². The average molecular weight is 336 g/mol. The van der Waals surface area contributed by atoms with Gasteiger partial charge in [-0.2, -0.15) is 0 Å². The summed E-state index contributed by atoms with van der Waals surface area (Å²) in [6.07, 6.45) is 15.5. The molecule has 0 heterocycles. The molecule has 23 heavy (non-hydrogen) atoms. The first-order valence-corrected chi connectivity index (χ1v) is 10.5. The van der Waals surface area contributed by atoms with Crippen LogP contribution in [0.25, 0.3) is 0 Å². The largest absolute Gasteiger partial charge is 0.317 e. The van der Waals surface area contributed by atoms with E-state index in [4.69, 9.17) is 5.73 Å². The predicted octanol–water partition coefficient (Wildman–Crippen LogP) is 7.15. The van der Waals surface area contributed by atoms with E-state index in [2.05, 4.69) is 44.2 Å². The summed E-state index contributed by atoms with van der Waals surface area (Å²) in [6.45, 7) is 4.55. The molecule has 1 nitrogen and oxygen atoms in total. The minimum Gasteiger partial charge on any atom is -0.317 e. The van der Waals surface area contributed by atoms with Crippen LogP contribution >= 0.6 is 11.8 Å². The van der Waals surface area contributed by atoms with Gasteiger partial charge >= 0.3 is 0 Å². The Balaban J connectivity index is 2.45. The van der Waals surface area contributed by atoms with Crippen molar-refractivity contribution >= 4 is 11.8 Å². The molecule has 132 valence electrons. The fourth-order valence-electron chi connectivity index (χ4n) is 3.01. The second-order valence-electron chi connectivity index (χ2n) is 6.81. The van der Waals surface area contributed by atoms with Crippen LogP contribution in [0.15, 0.2) is 35.2 Å². The zero-order chi connectivity index (χ0) is 16.8. The molecular weight excluding hydrogens is 298 g/mol. The van der Waals surface area contributed by atoms with E-state index >= 15 is 0 Å². The molecule has 0 bridgehead atoms. The molecule has 0 unspecified atom stereocenters. The molecular formula is C21H37NS. The van der Waals surface area contributed by atoms with Crippen LogP contribution in [0.1, 0.15) is 90.9 Å². The molecule has 0 atom stereocenters. The second-order valence-corrected chi connectivity index (χ2v) is 8.30. The van der Waals surface area contributed by atoms with Gasteiger partial charge in [0, 0.05) is 4.90 Å². The monoisotopic (exact) mass is 335 g/mol. The van der Waals surface area contributed by atoms with Crippen LogP contribution < -0.4 is 5.73 Å². The summed E-state index contributed by atoms with van der Waals surface area (Å²) in [5, 5.41) is 0. The first kappa shape index (κ1) is 20.6. The zero-order valence-corrected chi connectivity index (χ0v) is 16.2. The van der Waals surface area contributed by atoms with Crippen LogP contribution in [0.5, 0.6) is 0 Å². The lowest BCUT2D eigenvalue weighted by Crippen LogP contribution is -2.35. The van der Waals surface area contributed by atoms with Crippen molar-refractivity contribution in [3.63, 3.8) is 0 Å². The standard InChI is InChI=1S/C21H37NS/c1-3-5-7-9-14-18-21(22,19-15-10-8-6-4-2)23-20-16-12-11-13-17-20/h11-13,16-17H,3-10,14-15,18-19,22H2,1-2H3. The average Bonchev–Trinajstić information content (AvgIpc) is 2.55. The van der Waals surface area contributed by atoms with Crippen molar-refractivity contribution in [2.75, 3.05) is 0 Å². The Morgan fingerprint density at radius 2 is 1.22 bits per heavy atom. The molecule has 0 spiro atoms. The number of thioether (sulfide) groups is 1. The van der Waals surface area contributed by atoms with Crippen LogP contribution in [0, 0.1) is 0 Å². The topological polar surface area (TPSA) is 26.0 Å². The van der Waals surface area contributed by atoms with Gasteiger partial charge in [0.05, 0.1) is 4.87 Å². The Hall–Kier alpha value is -0.470. The van der Waals surface area contributed by atoms with E-state index in [-0.39, 0.29) is 4.87 Å². The molecule has 1 rings (SSSR count). The molecule has 0 fully saturated rings. The molecule has 0 aliphatic heterocycles. The van der Waals surface area contributed by atoms with Crippen LogP contribution in [0.2, 0.25) is 0 Å². The van der Waals surface area contributed by atoms with Crippen molar-refractivity contribution in [3.05, 3.63) is 30.3 Å². The van der Waals surface area contributed by atoms with Crippen molar-refractivity contribution in [2.45, 2.75) is 101 Å². The number of hydrogen-bond donors (Lipinski definition) is 1. The number of nitrogens with two attached hydrogens (primary N) is 1. The fourth-order valence-corrected chi connectivity index (χ4v) is 4.26. The quantitative estimate of drug-likeness (QED) is 0.222. The molecule has 0 saturated carbocycles. The lowest BCUT2D eigenvalue weighted by Gasteiger charge is -2.29. The van der Waals surface area contributed by atoms with Gasteiger partial charge in [0.15, 0.2) is 0 Å². The third-order valence-corrected chi connectivity index (χ3v) is 5.79. The molecule has 0 saturated heterocycles. The molecule has 0 aliphatic carbocycles. The Morgan fingerprint density at radius 1 is 0.739 bits per heavy atom. The molecule has 2 heteroatoms. The first-order chi connectivity index (χ1) is 11.2. The molecule has 0 amide bonds. The normalized spacial score (nSPS) is 11.8. The highest BCUT2D eigenvalue weighted by Crippen LogP contribution is 2.37. The van der Waals surface area contributed by atoms with Crippen molar-refractivity contribution in [1.29, 1.82) is 0 Å². The highest BCUT2D eigenvalue weighted by molar-refractivity contribution is 8.00. The Labute approximate surface area is 148 Å². The van der Waals surface area contributed by atoms with Crippen LogP contribution in [-0.4, -0.2) is 4.87 Å². The van der Waals surface area contributed by atoms with Gasteiger partial charge in [-0.25, -0.2) is 0 Å². The van der Waals surface area contributed by atoms with Crippen molar-refractivity contribution < 1.29 is 0 Å². The fraction of sp³-hybridized carbons (Fsp3) is 0.714. The van der Waals surface area contributed by atoms with E-state index in [9.17, 15) is 0 Å². The third kappa shape index (κ3) is 10.1. The predicted molar refractivity (Wildman–Crippen MR) is 106 cm³/mol. The molecule has 0 radical (unpaired) electrons. The number of rotatable bonds is 14. The molecule has 0 aromatic heterocycles. The number of unbranched alkanes of at least 4 members (excludes halogenated alkanes) is 8. The van der Waals surface area contributed by atoms with Crippen LogP contribution in [0.4, 0.5) is 0 Å². The van der Waals surface area contributed by atoms with E-state index in [1.54, 1.807) is 0 Å². The van der Waals surface area contributed by atoms with E-state index in [1.165, 1.54) is 69.1 Å². The minimum absolute atomic E-state index is 0.0835. The molecule has 1 aromatic rings. The summed E-state index contributed by atoms with van der Waals surface area (Å²) in [5.74, 6) is 0. The molecule has 0 aliphatic rings. The van der Waals surface area contributed by atoms with Crippen molar-refractivity contribution in [3.8, 4) is 0 Å². The van der Waals surface area contributed by atoms with Gasteiger partial charge in [-0.1, -0.05) is 96.3 Å². The lowest BCUT2D eigenvalue weighted by molar-refractivity contribution is 0.454. The van der Waals surface area contributed by atoms with E-state index in [1.807, 2.05) is 11.8 Å². The molecule has 2 N–H and O–H groups in total. The van der Waals surface area contributed by atoms with Gasteiger partial charge in [-0.3, -0.25) is 0 Å². The maximum Gasteiger partial charge on any atom is 0.0666 e. The Morgan fingerprint density at radius 3 is 1.70 bits per heavy atom. The van der Waals surface area contributed by atoms with Gasteiger partial charge in [0.25, 0.3) is 0 Å². The first-order valence-electron chi connectivity index (χ1n) is 9.73. The highest BCUT2D eigenvalue weighted by atomic mass is 32.2. The summed E-state index contributed by atoms with van der Waals surface area (Å²) < 4.78 is 0. The summed E-state index contributed by atoms with van der Waals surface area (Å²) in [7, 11) is 0. The van der Waals surface area contributed by atoms with Gasteiger partial charge in [0.2, 0.25) is 0 Å². The minimum atomic E-state index is -0.0835. The lowest BCUT2D eigenvalue weighted by atomic mass is 10.0. The SMILES string of the molecule is CCCCCCCC(N)(CCCCCCC)Sc1ccccc1. The van der Waals surface area contributed by atoms with Gasteiger partial charge in [-0.05, 0) is 25.0 Å². The van der Waals surface area contributed by atoms with Gasteiger partial charge < -0.3 is 5.73 Å². The summed E-state index contributed by atoms with van der Waals surface area (Å²) in [5.41, 5.74) is 6.82. The molecule has 1 aromatic carbocycles. The van der Waals surface area contributed by atoms with E-state index in [0.717, 1.165) is 12.8 Å². The van der Waals surface area contributed by atoms with E-state index < -0.39 is 0 Å². The number of benzene rings is 1. The Kier molecular flexibility index (Phi) is 11.5. The summed E-state index contributed by atoms with van der Waals surface area (Å²) in [4.78, 5) is 1.23.